The molecule has 0 aromatic heterocycles. The van der Waals surface area contributed by atoms with Crippen molar-refractivity contribution in [2.24, 2.45) is 0 Å². The van der Waals surface area contributed by atoms with Gasteiger partial charge < -0.3 is 10.4 Å². The van der Waals surface area contributed by atoms with Crippen molar-refractivity contribution in [3.05, 3.63) is 40.9 Å². The molecule has 0 aliphatic carbocycles. The van der Waals surface area contributed by atoms with Gasteiger partial charge in [0.05, 0.1) is 17.7 Å². The summed E-state index contributed by atoms with van der Waals surface area (Å²) in [5.41, 5.74) is -1.44. The number of carbonyl (C=O) groups is 1. The van der Waals surface area contributed by atoms with E-state index in [2.05, 4.69) is 11.9 Å². The fourth-order valence-electron chi connectivity index (χ4n) is 1.24. The highest BCUT2D eigenvalue weighted by molar-refractivity contribution is 6.29. The van der Waals surface area contributed by atoms with Crippen LogP contribution in [0.1, 0.15) is 15.9 Å². The van der Waals surface area contributed by atoms with E-state index in [1.165, 1.54) is 0 Å². The van der Waals surface area contributed by atoms with Crippen LogP contribution in [-0.4, -0.2) is 17.6 Å². The zero-order valence-corrected chi connectivity index (χ0v) is 9.77. The van der Waals surface area contributed by atoms with Crippen LogP contribution >= 0.6 is 11.6 Å². The van der Waals surface area contributed by atoms with Gasteiger partial charge in [-0.25, -0.2) is 4.79 Å². The second-order valence-corrected chi connectivity index (χ2v) is 3.97. The number of carboxylic acid groups (broad SMARTS) is 1. The lowest BCUT2D eigenvalue weighted by Crippen LogP contribution is -2.11. The van der Waals surface area contributed by atoms with Crippen molar-refractivity contribution in [1.29, 1.82) is 0 Å². The molecule has 1 rings (SSSR count). The molecule has 0 unspecified atom stereocenters. The normalized spacial score (nSPS) is 11.1. The van der Waals surface area contributed by atoms with Crippen LogP contribution in [0.4, 0.5) is 18.9 Å². The van der Waals surface area contributed by atoms with Crippen molar-refractivity contribution in [1.82, 2.24) is 0 Å². The van der Waals surface area contributed by atoms with Crippen molar-refractivity contribution in [3.8, 4) is 0 Å². The number of benzene rings is 1. The molecule has 98 valence electrons. The fourth-order valence-corrected chi connectivity index (χ4v) is 1.31. The van der Waals surface area contributed by atoms with Gasteiger partial charge in [-0.1, -0.05) is 18.2 Å². The fraction of sp³-hybridized carbons (Fsp3) is 0.182. The van der Waals surface area contributed by atoms with Crippen molar-refractivity contribution < 1.29 is 23.1 Å². The van der Waals surface area contributed by atoms with Gasteiger partial charge in [-0.3, -0.25) is 0 Å². The third-order valence-corrected chi connectivity index (χ3v) is 2.18. The highest BCUT2D eigenvalue weighted by atomic mass is 35.5. The van der Waals surface area contributed by atoms with Crippen LogP contribution in [-0.2, 0) is 6.18 Å². The topological polar surface area (TPSA) is 49.3 Å². The van der Waals surface area contributed by atoms with E-state index in [9.17, 15) is 18.0 Å². The Morgan fingerprint density at radius 1 is 1.44 bits per heavy atom. The maximum atomic E-state index is 12.4. The summed E-state index contributed by atoms with van der Waals surface area (Å²) in [4.78, 5) is 10.9. The van der Waals surface area contributed by atoms with E-state index in [4.69, 9.17) is 16.7 Å². The summed E-state index contributed by atoms with van der Waals surface area (Å²) in [6, 6.07) is 2.42. The highest BCUT2D eigenvalue weighted by Crippen LogP contribution is 2.31. The van der Waals surface area contributed by atoms with Crippen molar-refractivity contribution in [2.45, 2.75) is 6.18 Å². The molecule has 0 amide bonds. The molecule has 0 fully saturated rings. The number of hydrogen-bond donors (Lipinski definition) is 2. The van der Waals surface area contributed by atoms with E-state index >= 15 is 0 Å². The van der Waals surface area contributed by atoms with Crippen LogP contribution < -0.4 is 5.32 Å². The molecule has 3 nitrogen and oxygen atoms in total. The minimum Gasteiger partial charge on any atom is -0.478 e. The Labute approximate surface area is 106 Å². The summed E-state index contributed by atoms with van der Waals surface area (Å²) < 4.78 is 37.3. The SMILES string of the molecule is C=C(Cl)CNc1ccc(C(F)(F)F)cc1C(=O)O. The summed E-state index contributed by atoms with van der Waals surface area (Å²) in [5.74, 6) is -1.45. The van der Waals surface area contributed by atoms with Crippen LogP contribution in [0.3, 0.4) is 0 Å². The van der Waals surface area contributed by atoms with Crippen LogP contribution in [0, 0.1) is 0 Å². The van der Waals surface area contributed by atoms with Crippen molar-refractivity contribution in [3.63, 3.8) is 0 Å². The molecule has 2 N–H and O–H groups in total. The summed E-state index contributed by atoms with van der Waals surface area (Å²) >= 11 is 5.48. The monoisotopic (exact) mass is 279 g/mol. The van der Waals surface area contributed by atoms with E-state index in [0.29, 0.717) is 6.07 Å². The first kappa shape index (κ1) is 14.4. The number of nitrogens with one attached hydrogen (secondary N) is 1. The lowest BCUT2D eigenvalue weighted by atomic mass is 10.1. The van der Waals surface area contributed by atoms with E-state index in [1.54, 1.807) is 0 Å². The molecule has 0 radical (unpaired) electrons. The molecular formula is C11H9ClF3NO2. The number of rotatable bonds is 4. The largest absolute Gasteiger partial charge is 0.478 e. The zero-order chi connectivity index (χ0) is 13.9. The predicted molar refractivity (Wildman–Crippen MR) is 61.9 cm³/mol. The lowest BCUT2D eigenvalue weighted by molar-refractivity contribution is -0.137. The summed E-state index contributed by atoms with van der Waals surface area (Å²) in [7, 11) is 0. The molecule has 0 spiro atoms. The predicted octanol–water partition coefficient (Wildman–Crippen LogP) is 3.57. The van der Waals surface area contributed by atoms with Crippen molar-refractivity contribution >= 4 is 23.3 Å². The van der Waals surface area contributed by atoms with Gasteiger partial charge in [-0.2, -0.15) is 13.2 Å². The minimum absolute atomic E-state index is 0.0531. The Hall–Kier alpha value is -1.69. The van der Waals surface area contributed by atoms with Crippen LogP contribution in [0.25, 0.3) is 0 Å². The first-order valence-electron chi connectivity index (χ1n) is 4.73. The quantitative estimate of drug-likeness (QED) is 0.886. The number of hydrogen-bond acceptors (Lipinski definition) is 2. The standard InChI is InChI=1S/C11H9ClF3NO2/c1-6(12)5-16-9-3-2-7(11(13,14)15)4-8(9)10(17)18/h2-4,16H,1,5H2,(H,17,18). The highest BCUT2D eigenvalue weighted by Gasteiger charge is 2.31. The Kier molecular flexibility index (Phi) is 4.24. The molecule has 0 atom stereocenters. The van der Waals surface area contributed by atoms with Crippen molar-refractivity contribution in [2.75, 3.05) is 11.9 Å². The molecule has 0 aliphatic heterocycles. The van der Waals surface area contributed by atoms with E-state index in [-0.39, 0.29) is 17.3 Å². The third kappa shape index (κ3) is 3.66. The molecule has 1 aromatic rings. The van der Waals surface area contributed by atoms with Gasteiger partial charge >= 0.3 is 12.1 Å². The molecule has 0 heterocycles. The summed E-state index contributed by atoms with van der Waals surface area (Å²) in [5, 5.41) is 11.7. The molecule has 0 aliphatic rings. The number of aromatic carboxylic acids is 1. The second kappa shape index (κ2) is 5.30. The maximum Gasteiger partial charge on any atom is 0.416 e. The number of alkyl halides is 3. The van der Waals surface area contributed by atoms with E-state index in [1.807, 2.05) is 0 Å². The molecular weight excluding hydrogens is 271 g/mol. The molecule has 0 bridgehead atoms. The van der Waals surface area contributed by atoms with Gasteiger partial charge in [-0.15, -0.1) is 0 Å². The zero-order valence-electron chi connectivity index (χ0n) is 9.01. The summed E-state index contributed by atoms with van der Waals surface area (Å²) in [6.07, 6.45) is -4.58. The number of carboxylic acids is 1. The Morgan fingerprint density at radius 3 is 2.50 bits per heavy atom. The first-order valence-corrected chi connectivity index (χ1v) is 5.11. The molecule has 0 saturated carbocycles. The van der Waals surface area contributed by atoms with Gasteiger partial charge in [0.1, 0.15) is 0 Å². The Bertz CT molecular complexity index is 486. The molecule has 1 aromatic carbocycles. The molecule has 7 heteroatoms. The summed E-state index contributed by atoms with van der Waals surface area (Å²) in [6.45, 7) is 3.44. The minimum atomic E-state index is -4.58. The third-order valence-electron chi connectivity index (χ3n) is 2.05. The Morgan fingerprint density at radius 2 is 2.06 bits per heavy atom. The van der Waals surface area contributed by atoms with Gasteiger partial charge in [0.25, 0.3) is 0 Å². The van der Waals surface area contributed by atoms with Gasteiger partial charge in [0.15, 0.2) is 0 Å². The van der Waals surface area contributed by atoms with Gasteiger partial charge in [0, 0.05) is 10.7 Å². The Balaban J connectivity index is 3.13. The van der Waals surface area contributed by atoms with Crippen LogP contribution in [0.15, 0.2) is 29.8 Å². The molecule has 0 saturated heterocycles. The smallest absolute Gasteiger partial charge is 0.416 e. The second-order valence-electron chi connectivity index (χ2n) is 3.43. The van der Waals surface area contributed by atoms with E-state index in [0.717, 1.165) is 12.1 Å². The maximum absolute atomic E-state index is 12.4. The van der Waals surface area contributed by atoms with Crippen LogP contribution in [0.5, 0.6) is 0 Å². The number of halogens is 4. The first-order chi connectivity index (χ1) is 8.21. The average molecular weight is 280 g/mol. The molecule has 18 heavy (non-hydrogen) atoms. The van der Waals surface area contributed by atoms with E-state index < -0.39 is 23.3 Å². The number of anilines is 1. The van der Waals surface area contributed by atoms with Crippen LogP contribution in [0.2, 0.25) is 0 Å². The lowest BCUT2D eigenvalue weighted by Gasteiger charge is -2.12. The average Bonchev–Trinajstić information content (AvgIpc) is 2.24. The van der Waals surface area contributed by atoms with Gasteiger partial charge in [-0.05, 0) is 18.2 Å². The van der Waals surface area contributed by atoms with Gasteiger partial charge in [0.2, 0.25) is 0 Å².